The van der Waals surface area contributed by atoms with Crippen LogP contribution in [0.3, 0.4) is 0 Å². The standard InChI is InChI=1S/C15H29N3O3/c1-16-15(17-9-5-4-6-12-20-2)18-10-7-13(8-11-18)14(19)21-3/h13H,4-12H2,1-3H3,(H,16,17). The van der Waals surface area contributed by atoms with Crippen molar-refractivity contribution in [3.8, 4) is 0 Å². The van der Waals surface area contributed by atoms with Gasteiger partial charge in [0.1, 0.15) is 0 Å². The fraction of sp³-hybridized carbons (Fsp3) is 0.867. The molecule has 1 heterocycles. The van der Waals surface area contributed by atoms with Gasteiger partial charge in [-0.1, -0.05) is 0 Å². The number of carbonyl (C=O) groups is 1. The highest BCUT2D eigenvalue weighted by Gasteiger charge is 2.26. The second-order valence-corrected chi connectivity index (χ2v) is 5.31. The van der Waals surface area contributed by atoms with Crippen LogP contribution < -0.4 is 5.32 Å². The Balaban J connectivity index is 2.23. The second-order valence-electron chi connectivity index (χ2n) is 5.31. The molecule has 0 aliphatic carbocycles. The van der Waals surface area contributed by atoms with Crippen LogP contribution in [0.2, 0.25) is 0 Å². The molecule has 1 N–H and O–H groups in total. The Morgan fingerprint density at radius 1 is 1.24 bits per heavy atom. The zero-order chi connectivity index (χ0) is 15.5. The van der Waals surface area contributed by atoms with Gasteiger partial charge in [-0.15, -0.1) is 0 Å². The number of ether oxygens (including phenoxy) is 2. The average molecular weight is 299 g/mol. The number of aliphatic imine (C=N–C) groups is 1. The maximum absolute atomic E-state index is 11.5. The largest absolute Gasteiger partial charge is 0.469 e. The van der Waals surface area contributed by atoms with E-state index in [0.717, 1.165) is 64.3 Å². The monoisotopic (exact) mass is 299 g/mol. The lowest BCUT2D eigenvalue weighted by Gasteiger charge is -2.33. The van der Waals surface area contributed by atoms with E-state index in [1.165, 1.54) is 7.11 Å². The zero-order valence-electron chi connectivity index (χ0n) is 13.6. The molecule has 0 aromatic heterocycles. The number of likely N-dealkylation sites (tertiary alicyclic amines) is 1. The minimum atomic E-state index is -0.0873. The number of carbonyl (C=O) groups excluding carboxylic acids is 1. The van der Waals surface area contributed by atoms with Crippen molar-refractivity contribution in [3.63, 3.8) is 0 Å². The van der Waals surface area contributed by atoms with Crippen molar-refractivity contribution >= 4 is 11.9 Å². The molecule has 0 saturated carbocycles. The molecule has 1 aliphatic rings. The van der Waals surface area contributed by atoms with Crippen LogP contribution in [0.15, 0.2) is 4.99 Å². The molecule has 1 rings (SSSR count). The van der Waals surface area contributed by atoms with E-state index in [1.54, 1.807) is 14.2 Å². The third-order valence-electron chi connectivity index (χ3n) is 3.85. The van der Waals surface area contributed by atoms with E-state index in [2.05, 4.69) is 15.2 Å². The van der Waals surface area contributed by atoms with Crippen molar-refractivity contribution in [3.05, 3.63) is 0 Å². The fourth-order valence-corrected chi connectivity index (χ4v) is 2.57. The number of unbranched alkanes of at least 4 members (excludes halogenated alkanes) is 2. The summed E-state index contributed by atoms with van der Waals surface area (Å²) in [5.74, 6) is 0.888. The Labute approximate surface area is 127 Å². The first-order valence-corrected chi connectivity index (χ1v) is 7.75. The molecule has 0 aromatic rings. The van der Waals surface area contributed by atoms with Crippen LogP contribution in [0.4, 0.5) is 0 Å². The number of rotatable bonds is 7. The van der Waals surface area contributed by atoms with Crippen LogP contribution in [0.5, 0.6) is 0 Å². The zero-order valence-corrected chi connectivity index (χ0v) is 13.6. The molecule has 0 radical (unpaired) electrons. The maximum Gasteiger partial charge on any atom is 0.308 e. The van der Waals surface area contributed by atoms with Crippen molar-refractivity contribution in [2.45, 2.75) is 32.1 Å². The normalized spacial score (nSPS) is 16.9. The molecule has 6 heteroatoms. The summed E-state index contributed by atoms with van der Waals surface area (Å²) < 4.78 is 9.84. The second kappa shape index (κ2) is 10.4. The van der Waals surface area contributed by atoms with E-state index >= 15 is 0 Å². The summed E-state index contributed by atoms with van der Waals surface area (Å²) in [5, 5.41) is 3.39. The number of piperidine rings is 1. The van der Waals surface area contributed by atoms with Gasteiger partial charge in [-0.2, -0.15) is 0 Å². The van der Waals surface area contributed by atoms with Gasteiger partial charge in [0.15, 0.2) is 5.96 Å². The number of nitrogens with one attached hydrogen (secondary N) is 1. The lowest BCUT2D eigenvalue weighted by Crippen LogP contribution is -2.46. The molecular weight excluding hydrogens is 270 g/mol. The molecule has 0 atom stereocenters. The van der Waals surface area contributed by atoms with Gasteiger partial charge in [0.25, 0.3) is 0 Å². The van der Waals surface area contributed by atoms with E-state index < -0.39 is 0 Å². The minimum absolute atomic E-state index is 0.0402. The summed E-state index contributed by atoms with van der Waals surface area (Å²) in [6, 6.07) is 0. The van der Waals surface area contributed by atoms with Crippen LogP contribution >= 0.6 is 0 Å². The summed E-state index contributed by atoms with van der Waals surface area (Å²) in [5.41, 5.74) is 0. The van der Waals surface area contributed by atoms with Gasteiger partial charge in [-0.25, -0.2) is 0 Å². The predicted octanol–water partition coefficient (Wildman–Crippen LogP) is 1.26. The number of methoxy groups -OCH3 is 2. The fourth-order valence-electron chi connectivity index (χ4n) is 2.57. The Bertz CT molecular complexity index is 326. The summed E-state index contributed by atoms with van der Waals surface area (Å²) in [6.45, 7) is 3.45. The van der Waals surface area contributed by atoms with Crippen molar-refractivity contribution in [1.82, 2.24) is 10.2 Å². The molecule has 1 aliphatic heterocycles. The van der Waals surface area contributed by atoms with Gasteiger partial charge >= 0.3 is 5.97 Å². The first kappa shape index (κ1) is 17.8. The molecule has 122 valence electrons. The minimum Gasteiger partial charge on any atom is -0.469 e. The van der Waals surface area contributed by atoms with Gasteiger partial charge in [0, 0.05) is 40.4 Å². The van der Waals surface area contributed by atoms with Crippen molar-refractivity contribution < 1.29 is 14.3 Å². The molecule has 0 bridgehead atoms. The van der Waals surface area contributed by atoms with Gasteiger partial charge < -0.3 is 19.7 Å². The molecule has 6 nitrogen and oxygen atoms in total. The molecule has 21 heavy (non-hydrogen) atoms. The van der Waals surface area contributed by atoms with Gasteiger partial charge in [0.05, 0.1) is 13.0 Å². The van der Waals surface area contributed by atoms with E-state index in [1.807, 2.05) is 0 Å². The number of hydrogen-bond donors (Lipinski definition) is 1. The molecule has 0 spiro atoms. The smallest absolute Gasteiger partial charge is 0.308 e. The molecule has 0 aromatic carbocycles. The Morgan fingerprint density at radius 3 is 2.52 bits per heavy atom. The van der Waals surface area contributed by atoms with E-state index in [-0.39, 0.29) is 11.9 Å². The molecule has 1 fully saturated rings. The topological polar surface area (TPSA) is 63.2 Å². The highest BCUT2D eigenvalue weighted by molar-refractivity contribution is 5.80. The summed E-state index contributed by atoms with van der Waals surface area (Å²) in [7, 11) is 5.00. The maximum atomic E-state index is 11.5. The Kier molecular flexibility index (Phi) is 8.82. The molecule has 0 unspecified atom stereocenters. The lowest BCUT2D eigenvalue weighted by molar-refractivity contribution is -0.146. The highest BCUT2D eigenvalue weighted by Crippen LogP contribution is 2.18. The van der Waals surface area contributed by atoms with Crippen molar-refractivity contribution in [2.24, 2.45) is 10.9 Å². The van der Waals surface area contributed by atoms with E-state index in [0.29, 0.717) is 0 Å². The Hall–Kier alpha value is -1.30. The average Bonchev–Trinajstić information content (AvgIpc) is 2.54. The lowest BCUT2D eigenvalue weighted by atomic mass is 9.97. The molecule has 0 amide bonds. The third kappa shape index (κ3) is 6.33. The highest BCUT2D eigenvalue weighted by atomic mass is 16.5. The number of nitrogens with zero attached hydrogens (tertiary/aromatic N) is 2. The van der Waals surface area contributed by atoms with Crippen LogP contribution in [0.1, 0.15) is 32.1 Å². The summed E-state index contributed by atoms with van der Waals surface area (Å²) in [6.07, 6.45) is 5.03. The first-order chi connectivity index (χ1) is 10.2. The van der Waals surface area contributed by atoms with Crippen LogP contribution in [0.25, 0.3) is 0 Å². The predicted molar refractivity (Wildman–Crippen MR) is 83.4 cm³/mol. The summed E-state index contributed by atoms with van der Waals surface area (Å²) in [4.78, 5) is 18.1. The Morgan fingerprint density at radius 2 is 1.95 bits per heavy atom. The summed E-state index contributed by atoms with van der Waals surface area (Å²) >= 11 is 0. The van der Waals surface area contributed by atoms with Crippen molar-refractivity contribution in [1.29, 1.82) is 0 Å². The third-order valence-corrected chi connectivity index (χ3v) is 3.85. The van der Waals surface area contributed by atoms with Crippen LogP contribution in [-0.4, -0.2) is 64.3 Å². The van der Waals surface area contributed by atoms with Gasteiger partial charge in [-0.05, 0) is 32.1 Å². The van der Waals surface area contributed by atoms with Gasteiger partial charge in [0.2, 0.25) is 0 Å². The van der Waals surface area contributed by atoms with Crippen molar-refractivity contribution in [2.75, 3.05) is 47.5 Å². The van der Waals surface area contributed by atoms with E-state index in [4.69, 9.17) is 9.47 Å². The number of guanidine groups is 1. The molecule has 1 saturated heterocycles. The quantitative estimate of drug-likeness (QED) is 0.332. The van der Waals surface area contributed by atoms with Crippen LogP contribution in [0, 0.1) is 5.92 Å². The van der Waals surface area contributed by atoms with E-state index in [9.17, 15) is 4.79 Å². The first-order valence-electron chi connectivity index (χ1n) is 7.75. The van der Waals surface area contributed by atoms with Gasteiger partial charge in [-0.3, -0.25) is 9.79 Å². The number of hydrogen-bond acceptors (Lipinski definition) is 4. The molecular formula is C15H29N3O3. The number of esters is 1. The SMILES string of the molecule is CN=C(NCCCCCOC)N1CCC(C(=O)OC)CC1. The van der Waals surface area contributed by atoms with Crippen LogP contribution in [-0.2, 0) is 14.3 Å².